The van der Waals surface area contributed by atoms with Gasteiger partial charge in [-0.05, 0) is 6.42 Å². The molecule has 0 bridgehead atoms. The minimum Gasteiger partial charge on any atom is -0.396 e. The minimum atomic E-state index is -1.57. The van der Waals surface area contributed by atoms with E-state index in [0.717, 1.165) is 6.42 Å². The van der Waals surface area contributed by atoms with Gasteiger partial charge in [0.25, 0.3) is 0 Å². The first kappa shape index (κ1) is 15.7. The van der Waals surface area contributed by atoms with E-state index >= 15 is 0 Å². The highest BCUT2D eigenvalue weighted by Gasteiger charge is 2.42. The van der Waals surface area contributed by atoms with E-state index in [1.807, 2.05) is 6.92 Å². The van der Waals surface area contributed by atoms with Crippen LogP contribution in [0.5, 0.6) is 0 Å². The molecule has 0 aliphatic carbocycles. The highest BCUT2D eigenvalue weighted by atomic mass is 16.6. The van der Waals surface area contributed by atoms with Gasteiger partial charge in [0.05, 0.1) is 6.61 Å². The minimum absolute atomic E-state index is 0.319. The molecule has 0 aromatic heterocycles. The summed E-state index contributed by atoms with van der Waals surface area (Å²) in [6.45, 7) is 1.72. The summed E-state index contributed by atoms with van der Waals surface area (Å²) in [6.07, 6.45) is -6.17. The fraction of sp³-hybridized carbons (Fsp3) is 1.00. The zero-order chi connectivity index (χ0) is 12.7. The highest BCUT2D eigenvalue weighted by molar-refractivity contribution is 4.87. The summed E-state index contributed by atoms with van der Waals surface area (Å²) in [5.41, 5.74) is 0. The molecule has 7 nitrogen and oxygen atoms in total. The molecule has 0 saturated carbocycles. The molecule has 5 atom stereocenters. The summed E-state index contributed by atoms with van der Waals surface area (Å²) in [5.74, 6) is 0. The molecular formula is C9H20O7. The molecule has 16 heavy (non-hydrogen) atoms. The normalized spacial score (nSPS) is 38.8. The van der Waals surface area contributed by atoms with Gasteiger partial charge in [0.2, 0.25) is 0 Å². The van der Waals surface area contributed by atoms with Crippen molar-refractivity contribution >= 4 is 0 Å². The van der Waals surface area contributed by atoms with Crippen LogP contribution in [-0.4, -0.2) is 74.6 Å². The Hall–Kier alpha value is -0.280. The van der Waals surface area contributed by atoms with Crippen LogP contribution in [0.3, 0.4) is 0 Å². The molecule has 0 amide bonds. The molecule has 7 heteroatoms. The molecular weight excluding hydrogens is 220 g/mol. The molecule has 1 rings (SSSR count). The van der Waals surface area contributed by atoms with Crippen molar-refractivity contribution in [1.29, 1.82) is 0 Å². The van der Waals surface area contributed by atoms with Gasteiger partial charge < -0.3 is 35.4 Å². The lowest BCUT2D eigenvalue weighted by molar-refractivity contribution is -0.286. The van der Waals surface area contributed by atoms with Gasteiger partial charge in [-0.1, -0.05) is 6.92 Å². The van der Waals surface area contributed by atoms with Gasteiger partial charge in [0.1, 0.15) is 24.4 Å². The van der Waals surface area contributed by atoms with Crippen molar-refractivity contribution in [3.8, 4) is 0 Å². The average molecular weight is 240 g/mol. The first-order valence-electron chi connectivity index (χ1n) is 5.09. The Morgan fingerprint density at radius 1 is 0.938 bits per heavy atom. The third kappa shape index (κ3) is 4.30. The smallest absolute Gasteiger partial charge is 0.184 e. The first-order valence-corrected chi connectivity index (χ1v) is 5.09. The largest absolute Gasteiger partial charge is 0.396 e. The monoisotopic (exact) mass is 240 g/mol. The predicted molar refractivity (Wildman–Crippen MR) is 53.4 cm³/mol. The number of aliphatic hydroxyl groups excluding tert-OH is 6. The molecule has 1 aliphatic heterocycles. The van der Waals surface area contributed by atoms with Crippen LogP contribution in [0.1, 0.15) is 13.3 Å². The second kappa shape index (κ2) is 7.91. The van der Waals surface area contributed by atoms with E-state index in [-0.39, 0.29) is 0 Å². The van der Waals surface area contributed by atoms with Gasteiger partial charge in [-0.15, -0.1) is 0 Å². The van der Waals surface area contributed by atoms with Gasteiger partial charge in [0.15, 0.2) is 6.29 Å². The summed E-state index contributed by atoms with van der Waals surface area (Å²) in [7, 11) is 0. The first-order chi connectivity index (χ1) is 7.49. The van der Waals surface area contributed by atoms with E-state index in [1.165, 1.54) is 0 Å². The number of hydrogen-bond acceptors (Lipinski definition) is 7. The summed E-state index contributed by atoms with van der Waals surface area (Å²) in [5, 5.41) is 52.5. The lowest BCUT2D eigenvalue weighted by Gasteiger charge is -2.37. The molecule has 0 aromatic rings. The van der Waals surface area contributed by atoms with Crippen molar-refractivity contribution < 1.29 is 35.4 Å². The molecule has 1 heterocycles. The molecule has 98 valence electrons. The van der Waals surface area contributed by atoms with Crippen molar-refractivity contribution in [3.63, 3.8) is 0 Å². The van der Waals surface area contributed by atoms with Crippen molar-refractivity contribution in [2.24, 2.45) is 0 Å². The molecule has 1 saturated heterocycles. The lowest BCUT2D eigenvalue weighted by Crippen LogP contribution is -2.58. The zero-order valence-electron chi connectivity index (χ0n) is 9.10. The van der Waals surface area contributed by atoms with Crippen LogP contribution in [0.4, 0.5) is 0 Å². The topological polar surface area (TPSA) is 131 Å². The molecule has 1 aliphatic rings. The lowest BCUT2D eigenvalue weighted by atomic mass is 10.00. The summed E-state index contributed by atoms with van der Waals surface area (Å²) in [6, 6.07) is 0. The van der Waals surface area contributed by atoms with Gasteiger partial charge in [-0.2, -0.15) is 0 Å². The Labute approximate surface area is 93.5 Å². The van der Waals surface area contributed by atoms with Crippen LogP contribution < -0.4 is 0 Å². The Balaban J connectivity index is 0.000000487. The van der Waals surface area contributed by atoms with Crippen molar-refractivity contribution in [2.75, 3.05) is 13.2 Å². The molecule has 0 spiro atoms. The second-order valence-corrected chi connectivity index (χ2v) is 3.44. The summed E-state index contributed by atoms with van der Waals surface area (Å²) in [4.78, 5) is 0. The summed E-state index contributed by atoms with van der Waals surface area (Å²) < 4.78 is 4.58. The average Bonchev–Trinajstić information content (AvgIpc) is 2.31. The van der Waals surface area contributed by atoms with Gasteiger partial charge in [-0.25, -0.2) is 0 Å². The Morgan fingerprint density at radius 3 is 1.81 bits per heavy atom. The van der Waals surface area contributed by atoms with Crippen LogP contribution >= 0.6 is 0 Å². The van der Waals surface area contributed by atoms with Gasteiger partial charge >= 0.3 is 0 Å². The van der Waals surface area contributed by atoms with Crippen molar-refractivity contribution in [2.45, 2.75) is 44.1 Å². The second-order valence-electron chi connectivity index (χ2n) is 3.44. The summed E-state index contributed by atoms with van der Waals surface area (Å²) >= 11 is 0. The van der Waals surface area contributed by atoms with E-state index in [2.05, 4.69) is 4.74 Å². The standard InChI is InChI=1S/C6H12O6.C3H8O/c7-1-2-3(8)4(9)5(10)6(11)12-2;1-2-3-4/h2-11H,1H2;4H,2-3H2,1H3/t2-,3-,4+,5-,6?;/m1./s1. The van der Waals surface area contributed by atoms with Crippen molar-refractivity contribution in [1.82, 2.24) is 0 Å². The number of rotatable bonds is 2. The third-order valence-corrected chi connectivity index (χ3v) is 2.09. The number of hydrogen-bond donors (Lipinski definition) is 6. The fourth-order valence-electron chi connectivity index (χ4n) is 1.08. The number of aliphatic hydroxyl groups is 6. The fourth-order valence-corrected chi connectivity index (χ4v) is 1.08. The van der Waals surface area contributed by atoms with E-state index in [9.17, 15) is 0 Å². The molecule has 0 aromatic carbocycles. The predicted octanol–water partition coefficient (Wildman–Crippen LogP) is -2.83. The van der Waals surface area contributed by atoms with Crippen LogP contribution in [-0.2, 0) is 4.74 Å². The van der Waals surface area contributed by atoms with Gasteiger partial charge in [-0.3, -0.25) is 0 Å². The van der Waals surface area contributed by atoms with E-state index in [4.69, 9.17) is 30.6 Å². The zero-order valence-corrected chi connectivity index (χ0v) is 9.10. The Kier molecular flexibility index (Phi) is 7.77. The maximum absolute atomic E-state index is 9.12. The van der Waals surface area contributed by atoms with Crippen LogP contribution in [0.25, 0.3) is 0 Å². The maximum atomic E-state index is 9.12. The Morgan fingerprint density at radius 2 is 1.44 bits per heavy atom. The van der Waals surface area contributed by atoms with Crippen LogP contribution in [0.15, 0.2) is 0 Å². The van der Waals surface area contributed by atoms with E-state index < -0.39 is 37.3 Å². The maximum Gasteiger partial charge on any atom is 0.184 e. The molecule has 0 radical (unpaired) electrons. The SMILES string of the molecule is CCCO.OC[C@H]1OC(O)[C@H](O)[C@@H](O)[C@@H]1O. The molecule has 1 unspecified atom stereocenters. The third-order valence-electron chi connectivity index (χ3n) is 2.09. The Bertz CT molecular complexity index is 170. The van der Waals surface area contributed by atoms with Crippen LogP contribution in [0.2, 0.25) is 0 Å². The molecule has 6 N–H and O–H groups in total. The van der Waals surface area contributed by atoms with Crippen molar-refractivity contribution in [3.05, 3.63) is 0 Å². The highest BCUT2D eigenvalue weighted by Crippen LogP contribution is 2.18. The number of ether oxygens (including phenoxy) is 1. The quantitative estimate of drug-likeness (QED) is 0.306. The molecule has 1 fully saturated rings. The van der Waals surface area contributed by atoms with E-state index in [0.29, 0.717) is 6.61 Å². The van der Waals surface area contributed by atoms with Crippen LogP contribution in [0, 0.1) is 0 Å². The van der Waals surface area contributed by atoms with E-state index in [1.54, 1.807) is 0 Å². The van der Waals surface area contributed by atoms with Gasteiger partial charge in [0, 0.05) is 6.61 Å².